The quantitative estimate of drug-likeness (QED) is 0.528. The maximum Gasteiger partial charge on any atom is 0.250 e. The van der Waals surface area contributed by atoms with Gasteiger partial charge in [-0.15, -0.1) is 0 Å². The standard InChI is InChI=1S/C23H34N2O3/c1-3-28-16-8-15-24-21(26)17-25(20-9-6-4-5-7-10-20)23(27)22(24)19-13-11-18(2)12-14-19/h11-14,20,22H,3-10,15-17H2,1-2H3/t22-/m0/s1. The summed E-state index contributed by atoms with van der Waals surface area (Å²) in [5.41, 5.74) is 2.07. The Morgan fingerprint density at radius 1 is 1.04 bits per heavy atom. The van der Waals surface area contributed by atoms with Gasteiger partial charge in [-0.05, 0) is 38.7 Å². The first kappa shape index (κ1) is 20.8. The van der Waals surface area contributed by atoms with Crippen molar-refractivity contribution < 1.29 is 14.3 Å². The molecule has 0 radical (unpaired) electrons. The van der Waals surface area contributed by atoms with E-state index in [1.807, 2.05) is 43.0 Å². The van der Waals surface area contributed by atoms with Crippen LogP contribution in [0.1, 0.15) is 69.0 Å². The first-order valence-electron chi connectivity index (χ1n) is 10.9. The van der Waals surface area contributed by atoms with Crippen LogP contribution in [0.4, 0.5) is 0 Å². The number of hydrogen-bond acceptors (Lipinski definition) is 3. The summed E-state index contributed by atoms with van der Waals surface area (Å²) < 4.78 is 5.44. The van der Waals surface area contributed by atoms with Crippen LogP contribution in [-0.4, -0.2) is 54.0 Å². The molecule has 2 aliphatic rings. The highest BCUT2D eigenvalue weighted by Crippen LogP contribution is 2.32. The van der Waals surface area contributed by atoms with E-state index in [0.29, 0.717) is 19.8 Å². The van der Waals surface area contributed by atoms with Crippen LogP contribution >= 0.6 is 0 Å². The second-order valence-electron chi connectivity index (χ2n) is 8.06. The van der Waals surface area contributed by atoms with Crippen molar-refractivity contribution in [1.29, 1.82) is 0 Å². The fourth-order valence-electron chi connectivity index (χ4n) is 4.43. The zero-order valence-corrected chi connectivity index (χ0v) is 17.4. The highest BCUT2D eigenvalue weighted by molar-refractivity contribution is 5.95. The molecule has 1 aliphatic carbocycles. The van der Waals surface area contributed by atoms with E-state index in [4.69, 9.17) is 4.74 Å². The lowest BCUT2D eigenvalue weighted by Crippen LogP contribution is -2.58. The number of carbonyl (C=O) groups excluding carboxylic acids is 2. The maximum atomic E-state index is 13.6. The minimum absolute atomic E-state index is 0.0610. The highest BCUT2D eigenvalue weighted by Gasteiger charge is 2.42. The van der Waals surface area contributed by atoms with E-state index in [1.165, 1.54) is 12.8 Å². The summed E-state index contributed by atoms with van der Waals surface area (Å²) in [5.74, 6) is 0.151. The van der Waals surface area contributed by atoms with Crippen molar-refractivity contribution in [2.24, 2.45) is 0 Å². The molecule has 0 bridgehead atoms. The van der Waals surface area contributed by atoms with E-state index >= 15 is 0 Å². The fraction of sp³-hybridized carbons (Fsp3) is 0.652. The van der Waals surface area contributed by atoms with Crippen molar-refractivity contribution in [2.45, 2.75) is 70.9 Å². The third-order valence-electron chi connectivity index (χ3n) is 6.00. The van der Waals surface area contributed by atoms with E-state index in [2.05, 4.69) is 0 Å². The lowest BCUT2D eigenvalue weighted by atomic mass is 9.96. The number of aryl methyl sites for hydroxylation is 1. The monoisotopic (exact) mass is 386 g/mol. The van der Waals surface area contributed by atoms with Gasteiger partial charge in [0, 0.05) is 25.8 Å². The number of benzene rings is 1. The number of amides is 2. The van der Waals surface area contributed by atoms with Gasteiger partial charge in [0.15, 0.2) is 0 Å². The molecule has 5 nitrogen and oxygen atoms in total. The summed E-state index contributed by atoms with van der Waals surface area (Å²) in [4.78, 5) is 30.3. The molecule has 1 saturated heterocycles. The average Bonchev–Trinajstić information content (AvgIpc) is 2.98. The highest BCUT2D eigenvalue weighted by atomic mass is 16.5. The third kappa shape index (κ3) is 4.93. The van der Waals surface area contributed by atoms with Crippen LogP contribution < -0.4 is 0 Å². The van der Waals surface area contributed by atoms with Crippen molar-refractivity contribution in [3.8, 4) is 0 Å². The molecule has 154 valence electrons. The van der Waals surface area contributed by atoms with Gasteiger partial charge in [0.25, 0.3) is 5.91 Å². The first-order valence-corrected chi connectivity index (χ1v) is 10.9. The van der Waals surface area contributed by atoms with Gasteiger partial charge in [-0.1, -0.05) is 55.5 Å². The third-order valence-corrected chi connectivity index (χ3v) is 6.00. The largest absolute Gasteiger partial charge is 0.382 e. The molecule has 1 saturated carbocycles. The molecule has 28 heavy (non-hydrogen) atoms. The number of nitrogens with zero attached hydrogens (tertiary/aromatic N) is 2. The second kappa shape index (κ2) is 10.1. The second-order valence-corrected chi connectivity index (χ2v) is 8.06. The average molecular weight is 387 g/mol. The van der Waals surface area contributed by atoms with Crippen LogP contribution in [0, 0.1) is 6.92 Å². The predicted octanol–water partition coefficient (Wildman–Crippen LogP) is 3.86. The number of carbonyl (C=O) groups is 2. The number of ether oxygens (including phenoxy) is 1. The van der Waals surface area contributed by atoms with E-state index in [9.17, 15) is 9.59 Å². The molecule has 0 spiro atoms. The fourth-order valence-corrected chi connectivity index (χ4v) is 4.43. The van der Waals surface area contributed by atoms with Crippen molar-refractivity contribution in [2.75, 3.05) is 26.3 Å². The molecule has 1 heterocycles. The number of piperazine rings is 1. The molecule has 2 amide bonds. The van der Waals surface area contributed by atoms with Crippen molar-refractivity contribution in [1.82, 2.24) is 9.80 Å². The molecule has 0 unspecified atom stereocenters. The number of hydrogen-bond donors (Lipinski definition) is 0. The van der Waals surface area contributed by atoms with Gasteiger partial charge in [0.2, 0.25) is 5.91 Å². The molecule has 3 rings (SSSR count). The van der Waals surface area contributed by atoms with Crippen LogP contribution in [0.5, 0.6) is 0 Å². The Bertz CT molecular complexity index is 650. The Hall–Kier alpha value is -1.88. The molecule has 2 fully saturated rings. The summed E-state index contributed by atoms with van der Waals surface area (Å²) in [6, 6.07) is 7.74. The minimum atomic E-state index is -0.508. The Morgan fingerprint density at radius 2 is 1.71 bits per heavy atom. The van der Waals surface area contributed by atoms with Crippen LogP contribution in [0.25, 0.3) is 0 Å². The Morgan fingerprint density at radius 3 is 2.36 bits per heavy atom. The van der Waals surface area contributed by atoms with Gasteiger partial charge in [0.05, 0.1) is 0 Å². The van der Waals surface area contributed by atoms with E-state index in [0.717, 1.165) is 43.2 Å². The van der Waals surface area contributed by atoms with Gasteiger partial charge >= 0.3 is 0 Å². The van der Waals surface area contributed by atoms with E-state index < -0.39 is 6.04 Å². The Balaban J connectivity index is 1.83. The zero-order chi connectivity index (χ0) is 19.9. The molecule has 1 aromatic rings. The maximum absolute atomic E-state index is 13.6. The van der Waals surface area contributed by atoms with Gasteiger partial charge in [-0.2, -0.15) is 0 Å². The van der Waals surface area contributed by atoms with Gasteiger partial charge in [0.1, 0.15) is 12.6 Å². The molecule has 1 aromatic carbocycles. The molecule has 0 aromatic heterocycles. The summed E-state index contributed by atoms with van der Waals surface area (Å²) in [5, 5.41) is 0. The Kier molecular flexibility index (Phi) is 7.49. The molecule has 1 aliphatic heterocycles. The minimum Gasteiger partial charge on any atom is -0.382 e. The van der Waals surface area contributed by atoms with Gasteiger partial charge < -0.3 is 14.5 Å². The normalized spacial score (nSPS) is 21.9. The number of rotatable bonds is 7. The van der Waals surface area contributed by atoms with Crippen molar-refractivity contribution in [3.05, 3.63) is 35.4 Å². The van der Waals surface area contributed by atoms with Crippen LogP contribution in [-0.2, 0) is 14.3 Å². The lowest BCUT2D eigenvalue weighted by Gasteiger charge is -2.43. The first-order chi connectivity index (χ1) is 13.6. The summed E-state index contributed by atoms with van der Waals surface area (Å²) in [7, 11) is 0. The van der Waals surface area contributed by atoms with Crippen molar-refractivity contribution in [3.63, 3.8) is 0 Å². The van der Waals surface area contributed by atoms with Gasteiger partial charge in [-0.3, -0.25) is 9.59 Å². The molecular formula is C23H34N2O3. The van der Waals surface area contributed by atoms with E-state index in [1.54, 1.807) is 4.90 Å². The zero-order valence-electron chi connectivity index (χ0n) is 17.4. The topological polar surface area (TPSA) is 49.9 Å². The van der Waals surface area contributed by atoms with Crippen LogP contribution in [0.15, 0.2) is 24.3 Å². The van der Waals surface area contributed by atoms with Crippen LogP contribution in [0.3, 0.4) is 0 Å². The summed E-state index contributed by atoms with van der Waals surface area (Å²) in [6.07, 6.45) is 7.55. The SMILES string of the molecule is CCOCCCN1C(=O)CN(C2CCCCCC2)C(=O)[C@@H]1c1ccc(C)cc1. The predicted molar refractivity (Wildman–Crippen MR) is 110 cm³/mol. The molecule has 1 atom stereocenters. The van der Waals surface area contributed by atoms with E-state index in [-0.39, 0.29) is 24.4 Å². The summed E-state index contributed by atoms with van der Waals surface area (Å²) >= 11 is 0. The molecular weight excluding hydrogens is 352 g/mol. The molecule has 0 N–H and O–H groups in total. The smallest absolute Gasteiger partial charge is 0.250 e. The molecule has 5 heteroatoms. The van der Waals surface area contributed by atoms with Crippen molar-refractivity contribution >= 4 is 11.8 Å². The Labute approximate surface area is 169 Å². The van der Waals surface area contributed by atoms with Gasteiger partial charge in [-0.25, -0.2) is 0 Å². The lowest BCUT2D eigenvalue weighted by molar-refractivity contribution is -0.159. The summed E-state index contributed by atoms with van der Waals surface area (Å²) in [6.45, 7) is 6.07. The van der Waals surface area contributed by atoms with Crippen LogP contribution in [0.2, 0.25) is 0 Å².